The fourth-order valence-corrected chi connectivity index (χ4v) is 4.17. The summed E-state index contributed by atoms with van der Waals surface area (Å²) < 4.78 is 12.4. The Bertz CT molecular complexity index is 442. The van der Waals surface area contributed by atoms with Gasteiger partial charge in [-0.05, 0) is 43.1 Å². The molecule has 1 saturated heterocycles. The number of thioether (sulfide) groups is 1. The van der Waals surface area contributed by atoms with Gasteiger partial charge in [0.05, 0.1) is 12.7 Å². The molecule has 0 amide bonds. The zero-order valence-corrected chi connectivity index (χ0v) is 15.7. The Morgan fingerprint density at radius 3 is 2.48 bits per heavy atom. The zero-order valence-electron chi connectivity index (χ0n) is 13.9. The summed E-state index contributed by atoms with van der Waals surface area (Å²) in [4.78, 5) is 1.29. The second kappa shape index (κ2) is 6.86. The maximum absolute atomic E-state index is 6.28. The van der Waals surface area contributed by atoms with Gasteiger partial charge < -0.3 is 9.16 Å². The third kappa shape index (κ3) is 4.85. The maximum atomic E-state index is 6.28. The van der Waals surface area contributed by atoms with Crippen LogP contribution in [0.2, 0.25) is 18.1 Å². The summed E-state index contributed by atoms with van der Waals surface area (Å²) in [7, 11) is -1.66. The Morgan fingerprint density at radius 2 is 1.86 bits per heavy atom. The van der Waals surface area contributed by atoms with Crippen molar-refractivity contribution in [2.24, 2.45) is 0 Å². The average Bonchev–Trinajstić information content (AvgIpc) is 2.84. The molecule has 4 heteroatoms. The van der Waals surface area contributed by atoms with Crippen LogP contribution in [0, 0.1) is 0 Å². The molecule has 0 bridgehead atoms. The Kier molecular flexibility index (Phi) is 5.58. The van der Waals surface area contributed by atoms with Gasteiger partial charge in [0.1, 0.15) is 5.44 Å². The van der Waals surface area contributed by atoms with Crippen LogP contribution in [0.15, 0.2) is 35.2 Å². The summed E-state index contributed by atoms with van der Waals surface area (Å²) in [6, 6.07) is 10.5. The van der Waals surface area contributed by atoms with Gasteiger partial charge in [0.2, 0.25) is 0 Å². The molecule has 0 unspecified atom stereocenters. The Balaban J connectivity index is 1.78. The highest BCUT2D eigenvalue weighted by atomic mass is 32.2. The predicted molar refractivity (Wildman–Crippen MR) is 93.3 cm³/mol. The predicted octanol–water partition coefficient (Wildman–Crippen LogP) is 5.31. The second-order valence-corrected chi connectivity index (χ2v) is 13.3. The van der Waals surface area contributed by atoms with Crippen LogP contribution >= 0.6 is 11.8 Å². The summed E-state index contributed by atoms with van der Waals surface area (Å²) in [5.74, 6) is 0. The monoisotopic (exact) mass is 324 g/mol. The quantitative estimate of drug-likeness (QED) is 0.684. The zero-order chi connectivity index (χ0) is 15.5. The first-order chi connectivity index (χ1) is 9.78. The SMILES string of the molecule is CC(C)(C)[Si](C)(C)OC[C@@H]1CC[C@@H](Sc2ccccc2)O1. The van der Waals surface area contributed by atoms with Crippen LogP contribution in [0.5, 0.6) is 0 Å². The average molecular weight is 325 g/mol. The fourth-order valence-electron chi connectivity index (χ4n) is 2.05. The topological polar surface area (TPSA) is 18.5 Å². The van der Waals surface area contributed by atoms with Crippen LogP contribution in [0.1, 0.15) is 33.6 Å². The summed E-state index contributed by atoms with van der Waals surface area (Å²) in [6.45, 7) is 12.2. The van der Waals surface area contributed by atoms with Gasteiger partial charge >= 0.3 is 0 Å². The van der Waals surface area contributed by atoms with E-state index in [2.05, 4.69) is 64.2 Å². The second-order valence-electron chi connectivity index (χ2n) is 7.27. The van der Waals surface area contributed by atoms with Crippen molar-refractivity contribution in [3.8, 4) is 0 Å². The highest BCUT2D eigenvalue weighted by Crippen LogP contribution is 2.38. The third-order valence-corrected chi connectivity index (χ3v) is 10.2. The van der Waals surface area contributed by atoms with Crippen molar-refractivity contribution in [3.05, 3.63) is 30.3 Å². The highest BCUT2D eigenvalue weighted by molar-refractivity contribution is 7.99. The van der Waals surface area contributed by atoms with Gasteiger partial charge in [-0.25, -0.2) is 0 Å². The Hall–Kier alpha value is -0.293. The molecular formula is C17H28O2SSi. The molecule has 2 nitrogen and oxygen atoms in total. The summed E-state index contributed by atoms with van der Waals surface area (Å²) in [5.41, 5.74) is 0.278. The molecule has 1 aromatic carbocycles. The van der Waals surface area contributed by atoms with Crippen molar-refractivity contribution in [3.63, 3.8) is 0 Å². The molecule has 2 atom stereocenters. The first kappa shape index (κ1) is 17.1. The number of hydrogen-bond donors (Lipinski definition) is 0. The number of rotatable bonds is 5. The normalized spacial score (nSPS) is 23.5. The first-order valence-electron chi connectivity index (χ1n) is 7.79. The minimum atomic E-state index is -1.66. The van der Waals surface area contributed by atoms with Gasteiger partial charge in [-0.2, -0.15) is 0 Å². The van der Waals surface area contributed by atoms with Crippen molar-refractivity contribution >= 4 is 20.1 Å². The van der Waals surface area contributed by atoms with Crippen LogP contribution in [0.4, 0.5) is 0 Å². The van der Waals surface area contributed by atoms with Gasteiger partial charge in [0, 0.05) is 4.90 Å². The molecule has 0 spiro atoms. The molecule has 0 N–H and O–H groups in total. The number of hydrogen-bond acceptors (Lipinski definition) is 3. The van der Waals surface area contributed by atoms with Crippen molar-refractivity contribution in [1.82, 2.24) is 0 Å². The van der Waals surface area contributed by atoms with Crippen molar-refractivity contribution < 1.29 is 9.16 Å². The van der Waals surface area contributed by atoms with Crippen LogP contribution < -0.4 is 0 Å². The minimum Gasteiger partial charge on any atom is -0.414 e. The molecule has 0 aromatic heterocycles. The van der Waals surface area contributed by atoms with E-state index in [1.54, 1.807) is 0 Å². The molecule has 0 aliphatic carbocycles. The molecule has 118 valence electrons. The molecule has 1 aromatic rings. The fraction of sp³-hybridized carbons (Fsp3) is 0.647. The number of benzene rings is 1. The summed E-state index contributed by atoms with van der Waals surface area (Å²) >= 11 is 1.83. The van der Waals surface area contributed by atoms with Crippen molar-refractivity contribution in [2.75, 3.05) is 6.61 Å². The Labute approximate surface area is 134 Å². The van der Waals surface area contributed by atoms with Gasteiger partial charge in [-0.1, -0.05) is 50.7 Å². The molecule has 1 heterocycles. The Morgan fingerprint density at radius 1 is 1.19 bits per heavy atom. The van der Waals surface area contributed by atoms with Crippen LogP contribution in [0.3, 0.4) is 0 Å². The lowest BCUT2D eigenvalue weighted by Gasteiger charge is -2.36. The molecule has 2 rings (SSSR count). The standard InChI is InChI=1S/C17H28O2SSi/c1-17(2,3)21(4,5)18-13-14-11-12-16(19-14)20-15-9-7-6-8-10-15/h6-10,14,16H,11-13H2,1-5H3/t14-,16+/m0/s1. The molecule has 21 heavy (non-hydrogen) atoms. The molecule has 1 aliphatic heterocycles. The van der Waals surface area contributed by atoms with E-state index in [4.69, 9.17) is 9.16 Å². The van der Waals surface area contributed by atoms with Crippen LogP contribution in [0.25, 0.3) is 0 Å². The van der Waals surface area contributed by atoms with Gasteiger partial charge in [0.15, 0.2) is 8.32 Å². The highest BCUT2D eigenvalue weighted by Gasteiger charge is 2.38. The van der Waals surface area contributed by atoms with Crippen LogP contribution in [-0.2, 0) is 9.16 Å². The van der Waals surface area contributed by atoms with Gasteiger partial charge in [-0.3, -0.25) is 0 Å². The summed E-state index contributed by atoms with van der Waals surface area (Å²) in [6.07, 6.45) is 2.49. The van der Waals surface area contributed by atoms with E-state index in [1.807, 2.05) is 11.8 Å². The van der Waals surface area contributed by atoms with E-state index in [0.29, 0.717) is 0 Å². The van der Waals surface area contributed by atoms with Crippen molar-refractivity contribution in [2.45, 2.75) is 68.2 Å². The lowest BCUT2D eigenvalue weighted by molar-refractivity contribution is 0.0499. The van der Waals surface area contributed by atoms with E-state index < -0.39 is 8.32 Å². The molecule has 0 saturated carbocycles. The lowest BCUT2D eigenvalue weighted by atomic mass is 10.2. The molecule has 1 fully saturated rings. The van der Waals surface area contributed by atoms with Crippen molar-refractivity contribution in [1.29, 1.82) is 0 Å². The van der Waals surface area contributed by atoms with E-state index >= 15 is 0 Å². The molecule has 1 aliphatic rings. The van der Waals surface area contributed by atoms with Gasteiger partial charge in [-0.15, -0.1) is 0 Å². The first-order valence-corrected chi connectivity index (χ1v) is 11.6. The largest absolute Gasteiger partial charge is 0.414 e. The number of ether oxygens (including phenoxy) is 1. The summed E-state index contributed by atoms with van der Waals surface area (Å²) in [5, 5.41) is 0.268. The van der Waals surface area contributed by atoms with E-state index in [9.17, 15) is 0 Å². The van der Waals surface area contributed by atoms with Crippen LogP contribution in [-0.4, -0.2) is 26.5 Å². The maximum Gasteiger partial charge on any atom is 0.192 e. The van der Waals surface area contributed by atoms with E-state index in [1.165, 1.54) is 4.90 Å². The smallest absolute Gasteiger partial charge is 0.192 e. The third-order valence-electron chi connectivity index (χ3n) is 4.52. The van der Waals surface area contributed by atoms with E-state index in [0.717, 1.165) is 19.4 Å². The lowest BCUT2D eigenvalue weighted by Crippen LogP contribution is -2.42. The van der Waals surface area contributed by atoms with E-state index in [-0.39, 0.29) is 16.6 Å². The minimum absolute atomic E-state index is 0.264. The molecule has 0 radical (unpaired) electrons. The molecular weight excluding hydrogens is 296 g/mol. The van der Waals surface area contributed by atoms with Gasteiger partial charge in [0.25, 0.3) is 0 Å².